The molecule has 0 amide bonds. The Balaban J connectivity index is 2.72. The maximum Gasteiger partial charge on any atom is 0.310 e. The van der Waals surface area contributed by atoms with Gasteiger partial charge in [0, 0.05) is 0 Å². The van der Waals surface area contributed by atoms with E-state index in [1.807, 2.05) is 0 Å². The largest absolute Gasteiger partial charge is 0.481 e. The van der Waals surface area contributed by atoms with E-state index in [2.05, 4.69) is 41.5 Å². The van der Waals surface area contributed by atoms with Crippen LogP contribution in [0.25, 0.3) is 0 Å². The molecular weight excluding hydrogens is 316 g/mol. The van der Waals surface area contributed by atoms with Crippen molar-refractivity contribution in [1.29, 1.82) is 0 Å². The van der Waals surface area contributed by atoms with Crippen LogP contribution in [0, 0.1) is 29.1 Å². The van der Waals surface area contributed by atoms with E-state index in [9.17, 15) is 14.7 Å². The lowest BCUT2D eigenvalue weighted by Crippen LogP contribution is -2.36. The molecular formula is C21H38O4. The average molecular weight is 355 g/mol. The molecule has 1 saturated carbocycles. The normalized spacial score (nSPS) is 24.0. The Morgan fingerprint density at radius 3 is 2.08 bits per heavy atom. The molecule has 1 fully saturated rings. The van der Waals surface area contributed by atoms with Crippen molar-refractivity contribution >= 4 is 11.9 Å². The quantitative estimate of drug-likeness (QED) is 0.601. The number of hydrogen-bond acceptors (Lipinski definition) is 3. The summed E-state index contributed by atoms with van der Waals surface area (Å²) in [6.45, 7) is 13.2. The summed E-state index contributed by atoms with van der Waals surface area (Å²) in [6, 6.07) is 0. The molecule has 1 aliphatic carbocycles. The highest BCUT2D eigenvalue weighted by atomic mass is 16.5. The van der Waals surface area contributed by atoms with Crippen LogP contribution in [0.4, 0.5) is 0 Å². The molecule has 4 unspecified atom stereocenters. The van der Waals surface area contributed by atoms with Crippen molar-refractivity contribution in [2.75, 3.05) is 0 Å². The van der Waals surface area contributed by atoms with Crippen LogP contribution in [0.5, 0.6) is 0 Å². The maximum absolute atomic E-state index is 12.7. The van der Waals surface area contributed by atoms with Gasteiger partial charge in [0.25, 0.3) is 0 Å². The van der Waals surface area contributed by atoms with Crippen LogP contribution in [-0.4, -0.2) is 23.1 Å². The minimum atomic E-state index is -0.858. The first-order chi connectivity index (χ1) is 11.5. The maximum atomic E-state index is 12.7. The van der Waals surface area contributed by atoms with Crippen LogP contribution in [0.1, 0.15) is 86.5 Å². The van der Waals surface area contributed by atoms with Crippen molar-refractivity contribution in [2.45, 2.75) is 92.6 Å². The SMILES string of the molecule is CC(C)CC(CC(C)CC(C)(C)C)OC(=O)C1CCCCC1C(=O)O. The van der Waals surface area contributed by atoms with Gasteiger partial charge in [0.05, 0.1) is 11.8 Å². The fraction of sp³-hybridized carbons (Fsp3) is 0.905. The zero-order chi connectivity index (χ0) is 19.2. The van der Waals surface area contributed by atoms with Crippen LogP contribution >= 0.6 is 0 Å². The molecule has 4 nitrogen and oxygen atoms in total. The Labute approximate surface area is 153 Å². The molecule has 4 atom stereocenters. The lowest BCUT2D eigenvalue weighted by Gasteiger charge is -2.31. The molecule has 0 aromatic carbocycles. The van der Waals surface area contributed by atoms with Gasteiger partial charge in [0.1, 0.15) is 6.10 Å². The monoisotopic (exact) mass is 354 g/mol. The minimum Gasteiger partial charge on any atom is -0.481 e. The molecule has 0 saturated heterocycles. The Hall–Kier alpha value is -1.06. The molecule has 4 heteroatoms. The van der Waals surface area contributed by atoms with Crippen LogP contribution in [0.3, 0.4) is 0 Å². The predicted molar refractivity (Wildman–Crippen MR) is 100 cm³/mol. The van der Waals surface area contributed by atoms with Crippen molar-refractivity contribution in [3.05, 3.63) is 0 Å². The van der Waals surface area contributed by atoms with Gasteiger partial charge >= 0.3 is 11.9 Å². The second-order valence-electron chi connectivity index (χ2n) is 9.63. The highest BCUT2D eigenvalue weighted by Crippen LogP contribution is 2.33. The molecule has 146 valence electrons. The van der Waals surface area contributed by atoms with Crippen LogP contribution in [0.15, 0.2) is 0 Å². The first kappa shape index (κ1) is 22.0. The van der Waals surface area contributed by atoms with Crippen LogP contribution < -0.4 is 0 Å². The molecule has 0 aromatic heterocycles. The highest BCUT2D eigenvalue weighted by molar-refractivity contribution is 5.81. The number of carbonyl (C=O) groups excluding carboxylic acids is 1. The summed E-state index contributed by atoms with van der Waals surface area (Å²) in [6.07, 6.45) is 5.70. The van der Waals surface area contributed by atoms with Gasteiger partial charge in [-0.3, -0.25) is 9.59 Å². The van der Waals surface area contributed by atoms with Crippen molar-refractivity contribution < 1.29 is 19.4 Å². The van der Waals surface area contributed by atoms with Gasteiger partial charge in [0.2, 0.25) is 0 Å². The van der Waals surface area contributed by atoms with E-state index < -0.39 is 17.8 Å². The number of carboxylic acid groups (broad SMARTS) is 1. The van der Waals surface area contributed by atoms with Gasteiger partial charge in [0.15, 0.2) is 0 Å². The Kier molecular flexibility index (Phi) is 8.43. The molecule has 0 spiro atoms. The molecule has 0 bridgehead atoms. The van der Waals surface area contributed by atoms with Gasteiger partial charge in [-0.05, 0) is 49.4 Å². The fourth-order valence-electron chi connectivity index (χ4n) is 4.26. The van der Waals surface area contributed by atoms with E-state index >= 15 is 0 Å². The second kappa shape index (κ2) is 9.59. The van der Waals surface area contributed by atoms with E-state index in [1.54, 1.807) is 0 Å². The smallest absolute Gasteiger partial charge is 0.310 e. The molecule has 0 aromatic rings. The topological polar surface area (TPSA) is 63.6 Å². The molecule has 0 aliphatic heterocycles. The summed E-state index contributed by atoms with van der Waals surface area (Å²) in [5.41, 5.74) is 0.254. The number of carboxylic acids is 1. The second-order valence-corrected chi connectivity index (χ2v) is 9.63. The van der Waals surface area contributed by atoms with E-state index in [4.69, 9.17) is 4.74 Å². The van der Waals surface area contributed by atoms with Crippen molar-refractivity contribution in [3.63, 3.8) is 0 Å². The van der Waals surface area contributed by atoms with Crippen molar-refractivity contribution in [3.8, 4) is 0 Å². The van der Waals surface area contributed by atoms with Crippen molar-refractivity contribution in [1.82, 2.24) is 0 Å². The van der Waals surface area contributed by atoms with E-state index in [0.29, 0.717) is 24.7 Å². The molecule has 0 radical (unpaired) electrons. The van der Waals surface area contributed by atoms with E-state index in [0.717, 1.165) is 32.1 Å². The zero-order valence-electron chi connectivity index (χ0n) is 17.0. The summed E-state index contributed by atoms with van der Waals surface area (Å²) in [4.78, 5) is 24.1. The third kappa shape index (κ3) is 8.24. The summed E-state index contributed by atoms with van der Waals surface area (Å²) in [7, 11) is 0. The average Bonchev–Trinajstić information content (AvgIpc) is 2.44. The van der Waals surface area contributed by atoms with Gasteiger partial charge in [-0.1, -0.05) is 54.4 Å². The number of ether oxygens (including phenoxy) is 1. The van der Waals surface area contributed by atoms with Gasteiger partial charge in [-0.15, -0.1) is 0 Å². The van der Waals surface area contributed by atoms with Gasteiger partial charge in [-0.2, -0.15) is 0 Å². The molecule has 25 heavy (non-hydrogen) atoms. The first-order valence-corrected chi connectivity index (χ1v) is 9.93. The zero-order valence-corrected chi connectivity index (χ0v) is 17.0. The molecule has 1 N–H and O–H groups in total. The highest BCUT2D eigenvalue weighted by Gasteiger charge is 2.38. The summed E-state index contributed by atoms with van der Waals surface area (Å²) in [5.74, 6) is -1.28. The molecule has 1 rings (SSSR count). The first-order valence-electron chi connectivity index (χ1n) is 9.93. The lowest BCUT2D eigenvalue weighted by atomic mass is 9.79. The number of esters is 1. The fourth-order valence-corrected chi connectivity index (χ4v) is 4.26. The Bertz CT molecular complexity index is 436. The summed E-state index contributed by atoms with van der Waals surface area (Å²) in [5, 5.41) is 9.40. The molecule has 0 heterocycles. The standard InChI is InChI=1S/C21H38O4/c1-14(2)11-16(12-15(3)13-21(4,5)6)25-20(24)18-10-8-7-9-17(18)19(22)23/h14-18H,7-13H2,1-6H3,(H,22,23). The number of carbonyl (C=O) groups is 2. The van der Waals surface area contributed by atoms with E-state index in [-0.39, 0.29) is 17.5 Å². The van der Waals surface area contributed by atoms with E-state index in [1.165, 1.54) is 0 Å². The van der Waals surface area contributed by atoms with Crippen molar-refractivity contribution in [2.24, 2.45) is 29.1 Å². The Morgan fingerprint density at radius 2 is 1.60 bits per heavy atom. The van der Waals surface area contributed by atoms with Crippen LogP contribution in [-0.2, 0) is 14.3 Å². The van der Waals surface area contributed by atoms with Gasteiger partial charge < -0.3 is 9.84 Å². The number of hydrogen-bond donors (Lipinski definition) is 1. The molecule has 1 aliphatic rings. The summed E-state index contributed by atoms with van der Waals surface area (Å²) >= 11 is 0. The number of aliphatic carboxylic acids is 1. The number of rotatable bonds is 8. The predicted octanol–water partition coefficient (Wildman–Crippen LogP) is 5.30. The lowest BCUT2D eigenvalue weighted by molar-refractivity contribution is -0.165. The van der Waals surface area contributed by atoms with Gasteiger partial charge in [-0.25, -0.2) is 0 Å². The summed E-state index contributed by atoms with van der Waals surface area (Å²) < 4.78 is 5.86. The third-order valence-corrected chi connectivity index (χ3v) is 5.03. The Morgan fingerprint density at radius 1 is 1.04 bits per heavy atom. The third-order valence-electron chi connectivity index (χ3n) is 5.03. The van der Waals surface area contributed by atoms with Crippen LogP contribution in [0.2, 0.25) is 0 Å². The minimum absolute atomic E-state index is 0.110.